The summed E-state index contributed by atoms with van der Waals surface area (Å²) in [6.07, 6.45) is 1.60. The third kappa shape index (κ3) is 3.64. The van der Waals surface area contributed by atoms with Gasteiger partial charge in [0.25, 0.3) is 0 Å². The molecule has 0 amide bonds. The molecule has 7 heteroatoms. The number of phosphoric acid groups is 1. The van der Waals surface area contributed by atoms with Crippen LogP contribution in [0.3, 0.4) is 0 Å². The Morgan fingerprint density at radius 3 is 2.24 bits per heavy atom. The molecule has 96 valence electrons. The summed E-state index contributed by atoms with van der Waals surface area (Å²) in [4.78, 5) is 0.710. The molecule has 1 rings (SSSR count). The Hall–Kier alpha value is -0.680. The molecule has 1 aromatic rings. The zero-order valence-corrected chi connectivity index (χ0v) is 11.8. The van der Waals surface area contributed by atoms with E-state index in [1.807, 2.05) is 0 Å². The van der Waals surface area contributed by atoms with Crippen molar-refractivity contribution in [2.45, 2.75) is 11.8 Å². The monoisotopic (exact) mass is 278 g/mol. The van der Waals surface area contributed by atoms with Gasteiger partial charge in [-0.25, -0.2) is 4.57 Å². The second-order valence-corrected chi connectivity index (χ2v) is 6.44. The maximum Gasteiger partial charge on any atom is 0.529 e. The van der Waals surface area contributed by atoms with Gasteiger partial charge in [-0.15, -0.1) is 0 Å². The van der Waals surface area contributed by atoms with Crippen LogP contribution in [-0.4, -0.2) is 24.7 Å². The van der Waals surface area contributed by atoms with Crippen molar-refractivity contribution >= 4 is 18.6 Å². The third-order valence-corrected chi connectivity index (χ3v) is 4.53. The van der Waals surface area contributed by atoms with Crippen LogP contribution in [0, 0.1) is 6.92 Å². The molecule has 0 aliphatic heterocycles. The molecule has 0 saturated carbocycles. The van der Waals surface area contributed by atoms with E-state index >= 15 is 0 Å². The van der Waals surface area contributed by atoms with Crippen LogP contribution >= 0.6 is 7.82 Å². The van der Waals surface area contributed by atoms with Gasteiger partial charge in [-0.1, -0.05) is 0 Å². The molecule has 0 saturated heterocycles. The van der Waals surface area contributed by atoms with Crippen molar-refractivity contribution in [2.24, 2.45) is 0 Å². The van der Waals surface area contributed by atoms with Crippen LogP contribution in [0.25, 0.3) is 0 Å². The number of hydrogen-bond donors (Lipinski definition) is 0. The minimum atomic E-state index is -3.54. The molecule has 0 bridgehead atoms. The Morgan fingerprint density at radius 1 is 1.24 bits per heavy atom. The minimum absolute atomic E-state index is 0.351. The van der Waals surface area contributed by atoms with Crippen LogP contribution in [0.15, 0.2) is 23.1 Å². The SMILES string of the molecule is COP(=O)(OC)Oc1ccc([S@@](C)=O)c(C)c1. The largest absolute Gasteiger partial charge is 0.529 e. The molecule has 0 radical (unpaired) electrons. The number of rotatable bonds is 5. The van der Waals surface area contributed by atoms with Crippen molar-refractivity contribution in [3.05, 3.63) is 23.8 Å². The van der Waals surface area contributed by atoms with Gasteiger partial charge in [0.15, 0.2) is 0 Å². The van der Waals surface area contributed by atoms with Gasteiger partial charge in [-0.05, 0) is 30.7 Å². The number of benzene rings is 1. The Labute approximate surface area is 103 Å². The molecule has 0 heterocycles. The fourth-order valence-electron chi connectivity index (χ4n) is 1.28. The van der Waals surface area contributed by atoms with Crippen LogP contribution in [0.4, 0.5) is 0 Å². The Bertz CT molecular complexity index is 466. The molecule has 0 unspecified atom stereocenters. The van der Waals surface area contributed by atoms with Crippen LogP contribution in [-0.2, 0) is 24.4 Å². The van der Waals surface area contributed by atoms with E-state index in [0.29, 0.717) is 10.6 Å². The molecular weight excluding hydrogens is 263 g/mol. The predicted octanol–water partition coefficient (Wildman–Crippen LogP) is 2.51. The van der Waals surface area contributed by atoms with Gasteiger partial charge >= 0.3 is 7.82 Å². The zero-order chi connectivity index (χ0) is 13.1. The van der Waals surface area contributed by atoms with E-state index in [-0.39, 0.29) is 0 Å². The summed E-state index contributed by atoms with van der Waals surface area (Å²) < 4.78 is 37.5. The first-order valence-electron chi connectivity index (χ1n) is 4.77. The Morgan fingerprint density at radius 2 is 1.82 bits per heavy atom. The molecule has 5 nitrogen and oxygen atoms in total. The fraction of sp³-hybridized carbons (Fsp3) is 0.400. The zero-order valence-electron chi connectivity index (χ0n) is 10.1. The second-order valence-electron chi connectivity index (χ2n) is 3.29. The van der Waals surface area contributed by atoms with E-state index in [1.54, 1.807) is 31.4 Å². The first kappa shape index (κ1) is 14.4. The van der Waals surface area contributed by atoms with E-state index in [0.717, 1.165) is 5.56 Å². The average Bonchev–Trinajstić information content (AvgIpc) is 2.28. The van der Waals surface area contributed by atoms with Crippen LogP contribution in [0.2, 0.25) is 0 Å². The first-order valence-corrected chi connectivity index (χ1v) is 7.79. The molecule has 0 spiro atoms. The standard InChI is InChI=1S/C10H15O5PS/c1-8-7-9(5-6-10(8)17(4)12)15-16(11,13-2)14-3/h5-7H,1-4H3/t17-/m1/s1. The van der Waals surface area contributed by atoms with Crippen molar-refractivity contribution in [3.63, 3.8) is 0 Å². The van der Waals surface area contributed by atoms with Crippen molar-refractivity contribution in [3.8, 4) is 5.75 Å². The lowest BCUT2D eigenvalue weighted by Gasteiger charge is -2.15. The normalized spacial score (nSPS) is 13.4. The summed E-state index contributed by atoms with van der Waals surface area (Å²) in [5.41, 5.74) is 0.794. The summed E-state index contributed by atoms with van der Waals surface area (Å²) in [5, 5.41) is 0. The lowest BCUT2D eigenvalue weighted by Crippen LogP contribution is -1.98. The number of phosphoric ester groups is 1. The average molecular weight is 278 g/mol. The highest BCUT2D eigenvalue weighted by atomic mass is 32.2. The molecular formula is C10H15O5PS. The summed E-state index contributed by atoms with van der Waals surface area (Å²) in [7, 11) is -2.11. The van der Waals surface area contributed by atoms with E-state index in [9.17, 15) is 8.77 Å². The highest BCUT2D eigenvalue weighted by Crippen LogP contribution is 2.47. The van der Waals surface area contributed by atoms with Crippen molar-refractivity contribution in [1.82, 2.24) is 0 Å². The van der Waals surface area contributed by atoms with Gasteiger partial charge in [-0.3, -0.25) is 13.3 Å². The highest BCUT2D eigenvalue weighted by Gasteiger charge is 2.24. The van der Waals surface area contributed by atoms with Gasteiger partial charge in [0.1, 0.15) is 5.75 Å². The van der Waals surface area contributed by atoms with Gasteiger partial charge in [0, 0.05) is 25.4 Å². The molecule has 0 aliphatic rings. The van der Waals surface area contributed by atoms with E-state index < -0.39 is 18.6 Å². The van der Waals surface area contributed by atoms with Gasteiger partial charge in [-0.2, -0.15) is 0 Å². The summed E-state index contributed by atoms with van der Waals surface area (Å²) in [6, 6.07) is 4.88. The Balaban J connectivity index is 2.99. The van der Waals surface area contributed by atoms with Crippen LogP contribution < -0.4 is 4.52 Å². The quantitative estimate of drug-likeness (QED) is 0.774. The maximum absolute atomic E-state index is 11.7. The van der Waals surface area contributed by atoms with Crippen LogP contribution in [0.5, 0.6) is 5.75 Å². The maximum atomic E-state index is 11.7. The van der Waals surface area contributed by atoms with E-state index in [4.69, 9.17) is 4.52 Å². The molecule has 1 atom stereocenters. The summed E-state index contributed by atoms with van der Waals surface area (Å²) >= 11 is 0. The summed E-state index contributed by atoms with van der Waals surface area (Å²) in [6.45, 7) is 1.80. The predicted molar refractivity (Wildman–Crippen MR) is 65.8 cm³/mol. The smallest absolute Gasteiger partial charge is 0.404 e. The second kappa shape index (κ2) is 5.78. The minimum Gasteiger partial charge on any atom is -0.404 e. The number of aryl methyl sites for hydroxylation is 1. The molecule has 0 aliphatic carbocycles. The number of hydrogen-bond acceptors (Lipinski definition) is 5. The summed E-state index contributed by atoms with van der Waals surface area (Å²) in [5.74, 6) is 0.351. The highest BCUT2D eigenvalue weighted by molar-refractivity contribution is 7.84. The molecule has 0 aromatic heterocycles. The molecule has 0 N–H and O–H groups in total. The van der Waals surface area contributed by atoms with Crippen molar-refractivity contribution in [2.75, 3.05) is 20.5 Å². The fourth-order valence-corrected chi connectivity index (χ4v) is 2.72. The molecule has 0 fully saturated rings. The van der Waals surface area contributed by atoms with E-state index in [2.05, 4.69) is 9.05 Å². The topological polar surface area (TPSA) is 61.8 Å². The van der Waals surface area contributed by atoms with Crippen molar-refractivity contribution < 1.29 is 22.3 Å². The van der Waals surface area contributed by atoms with Gasteiger partial charge in [0.05, 0.1) is 10.8 Å². The van der Waals surface area contributed by atoms with Gasteiger partial charge < -0.3 is 4.52 Å². The van der Waals surface area contributed by atoms with Crippen molar-refractivity contribution in [1.29, 1.82) is 0 Å². The molecule has 17 heavy (non-hydrogen) atoms. The van der Waals surface area contributed by atoms with Gasteiger partial charge in [0.2, 0.25) is 0 Å². The lowest BCUT2D eigenvalue weighted by atomic mass is 10.2. The third-order valence-electron chi connectivity index (χ3n) is 2.12. The lowest BCUT2D eigenvalue weighted by molar-refractivity contribution is 0.211. The van der Waals surface area contributed by atoms with E-state index in [1.165, 1.54) is 14.2 Å². The first-order chi connectivity index (χ1) is 7.91. The Kier molecular flexibility index (Phi) is 4.89. The van der Waals surface area contributed by atoms with Crippen LogP contribution in [0.1, 0.15) is 5.56 Å². The molecule has 1 aromatic carbocycles.